The number of amides is 1. The Kier molecular flexibility index (Phi) is 7.40. The van der Waals surface area contributed by atoms with Crippen molar-refractivity contribution >= 4 is 23.2 Å². The van der Waals surface area contributed by atoms with Gasteiger partial charge < -0.3 is 20.4 Å². The van der Waals surface area contributed by atoms with Gasteiger partial charge in [-0.2, -0.15) is 0 Å². The van der Waals surface area contributed by atoms with Crippen LogP contribution in [-0.2, 0) is 6.54 Å². The SMILES string of the molecule is CN=C(NCCCNC(=O)c1cccs1)NCc1coc(-c2ccc(C)cc2)n1. The van der Waals surface area contributed by atoms with E-state index in [1.807, 2.05) is 48.7 Å². The van der Waals surface area contributed by atoms with Crippen LogP contribution in [0.2, 0.25) is 0 Å². The van der Waals surface area contributed by atoms with E-state index >= 15 is 0 Å². The van der Waals surface area contributed by atoms with Gasteiger partial charge in [0.2, 0.25) is 5.89 Å². The van der Waals surface area contributed by atoms with Crippen molar-refractivity contribution < 1.29 is 9.21 Å². The highest BCUT2D eigenvalue weighted by atomic mass is 32.1. The summed E-state index contributed by atoms with van der Waals surface area (Å²) in [5.74, 6) is 1.25. The second-order valence-electron chi connectivity index (χ2n) is 6.45. The molecule has 0 bridgehead atoms. The molecule has 7 nitrogen and oxygen atoms in total. The summed E-state index contributed by atoms with van der Waals surface area (Å²) in [6.45, 7) is 3.84. The van der Waals surface area contributed by atoms with Gasteiger partial charge in [-0.25, -0.2) is 4.98 Å². The first kappa shape index (κ1) is 20.6. The van der Waals surface area contributed by atoms with Crippen LogP contribution in [-0.4, -0.2) is 37.0 Å². The molecule has 0 unspecified atom stereocenters. The minimum Gasteiger partial charge on any atom is -0.444 e. The lowest BCUT2D eigenvalue weighted by Crippen LogP contribution is -2.38. The number of nitrogens with one attached hydrogen (secondary N) is 3. The first-order chi connectivity index (χ1) is 14.2. The van der Waals surface area contributed by atoms with E-state index < -0.39 is 0 Å². The molecule has 0 saturated carbocycles. The number of guanidine groups is 1. The van der Waals surface area contributed by atoms with Crippen LogP contribution in [0.4, 0.5) is 0 Å². The summed E-state index contributed by atoms with van der Waals surface area (Å²) >= 11 is 1.44. The lowest BCUT2D eigenvalue weighted by molar-refractivity contribution is 0.0957. The Bertz CT molecular complexity index is 932. The maximum Gasteiger partial charge on any atom is 0.261 e. The van der Waals surface area contributed by atoms with Crippen molar-refractivity contribution in [3.8, 4) is 11.5 Å². The fourth-order valence-electron chi connectivity index (χ4n) is 2.60. The molecular weight excluding hydrogens is 386 g/mol. The molecule has 0 saturated heterocycles. The average molecular weight is 412 g/mol. The van der Waals surface area contributed by atoms with Crippen LogP contribution >= 0.6 is 11.3 Å². The number of hydrogen-bond acceptors (Lipinski definition) is 5. The number of hydrogen-bond donors (Lipinski definition) is 3. The molecule has 3 rings (SSSR count). The van der Waals surface area contributed by atoms with Crippen LogP contribution in [0.1, 0.15) is 27.3 Å². The first-order valence-electron chi connectivity index (χ1n) is 9.43. The fourth-order valence-corrected chi connectivity index (χ4v) is 3.24. The second kappa shape index (κ2) is 10.4. The first-order valence-corrected chi connectivity index (χ1v) is 10.3. The Labute approximate surface area is 174 Å². The lowest BCUT2D eigenvalue weighted by atomic mass is 10.1. The summed E-state index contributed by atoms with van der Waals surface area (Å²) in [7, 11) is 1.72. The zero-order valence-corrected chi connectivity index (χ0v) is 17.4. The number of nitrogens with zero attached hydrogens (tertiary/aromatic N) is 2. The predicted octanol–water partition coefficient (Wildman–Crippen LogP) is 3.20. The molecule has 2 heterocycles. The smallest absolute Gasteiger partial charge is 0.261 e. The minimum atomic E-state index is -0.0297. The molecule has 0 radical (unpaired) electrons. The zero-order chi connectivity index (χ0) is 20.5. The zero-order valence-electron chi connectivity index (χ0n) is 16.6. The van der Waals surface area contributed by atoms with E-state index in [2.05, 4.69) is 25.9 Å². The third-order valence-electron chi connectivity index (χ3n) is 4.19. The third kappa shape index (κ3) is 6.18. The molecule has 1 amide bonds. The summed E-state index contributed by atoms with van der Waals surface area (Å²) in [4.78, 5) is 21.3. The van der Waals surface area contributed by atoms with Crippen molar-refractivity contribution in [2.24, 2.45) is 4.99 Å². The van der Waals surface area contributed by atoms with E-state index in [1.165, 1.54) is 16.9 Å². The van der Waals surface area contributed by atoms with Crippen molar-refractivity contribution in [2.45, 2.75) is 19.9 Å². The topological polar surface area (TPSA) is 91.5 Å². The van der Waals surface area contributed by atoms with Crippen molar-refractivity contribution in [1.29, 1.82) is 0 Å². The Morgan fingerprint density at radius 2 is 1.93 bits per heavy atom. The maximum absolute atomic E-state index is 11.9. The van der Waals surface area contributed by atoms with E-state index in [-0.39, 0.29) is 5.91 Å². The summed E-state index contributed by atoms with van der Waals surface area (Å²) in [5, 5.41) is 11.2. The van der Waals surface area contributed by atoms with Crippen LogP contribution in [0.25, 0.3) is 11.5 Å². The number of benzene rings is 1. The molecule has 0 atom stereocenters. The molecule has 152 valence electrons. The highest BCUT2D eigenvalue weighted by Crippen LogP contribution is 2.18. The molecule has 0 aliphatic carbocycles. The van der Waals surface area contributed by atoms with Crippen LogP contribution in [0.15, 0.2) is 57.5 Å². The lowest BCUT2D eigenvalue weighted by Gasteiger charge is -2.11. The van der Waals surface area contributed by atoms with Gasteiger partial charge in [-0.1, -0.05) is 23.8 Å². The summed E-state index contributed by atoms with van der Waals surface area (Å²) in [6, 6.07) is 11.7. The molecule has 29 heavy (non-hydrogen) atoms. The van der Waals surface area contributed by atoms with Crippen LogP contribution in [0.3, 0.4) is 0 Å². The Morgan fingerprint density at radius 3 is 2.66 bits per heavy atom. The van der Waals surface area contributed by atoms with E-state index in [4.69, 9.17) is 4.42 Å². The standard InChI is InChI=1S/C21H25N5O2S/c1-15-6-8-16(9-7-15)20-26-17(14-28-20)13-25-21(22-2)24-11-4-10-23-19(27)18-5-3-12-29-18/h3,5-9,12,14H,4,10-11,13H2,1-2H3,(H,23,27)(H2,22,24,25). The number of thiophene rings is 1. The molecule has 0 aliphatic rings. The van der Waals surface area contributed by atoms with Crippen LogP contribution < -0.4 is 16.0 Å². The Hall–Kier alpha value is -3.13. The highest BCUT2D eigenvalue weighted by Gasteiger charge is 2.08. The second-order valence-corrected chi connectivity index (χ2v) is 7.40. The van der Waals surface area contributed by atoms with Crippen LogP contribution in [0, 0.1) is 6.92 Å². The molecule has 0 fully saturated rings. The number of carbonyl (C=O) groups excluding carboxylic acids is 1. The van der Waals surface area contributed by atoms with Gasteiger partial charge in [-0.3, -0.25) is 9.79 Å². The Morgan fingerprint density at radius 1 is 1.14 bits per heavy atom. The number of oxazole rings is 1. The quantitative estimate of drug-likeness (QED) is 0.301. The van der Waals surface area contributed by atoms with Gasteiger partial charge in [-0.15, -0.1) is 11.3 Å². The summed E-state index contributed by atoms with van der Waals surface area (Å²) < 4.78 is 5.57. The normalized spacial score (nSPS) is 11.3. The van der Waals surface area contributed by atoms with Gasteiger partial charge in [0.25, 0.3) is 5.91 Å². The van der Waals surface area contributed by atoms with E-state index in [9.17, 15) is 4.79 Å². The third-order valence-corrected chi connectivity index (χ3v) is 5.06. The van der Waals surface area contributed by atoms with E-state index in [0.29, 0.717) is 31.5 Å². The largest absolute Gasteiger partial charge is 0.444 e. The van der Waals surface area contributed by atoms with Gasteiger partial charge in [-0.05, 0) is 36.9 Å². The van der Waals surface area contributed by atoms with Gasteiger partial charge in [0.15, 0.2) is 5.96 Å². The average Bonchev–Trinajstić information content (AvgIpc) is 3.42. The number of carbonyl (C=O) groups is 1. The van der Waals surface area contributed by atoms with Gasteiger partial charge in [0.05, 0.1) is 17.1 Å². The van der Waals surface area contributed by atoms with Gasteiger partial charge >= 0.3 is 0 Å². The molecule has 0 aliphatic heterocycles. The van der Waals surface area contributed by atoms with E-state index in [1.54, 1.807) is 13.3 Å². The van der Waals surface area contributed by atoms with Crippen molar-refractivity contribution in [3.63, 3.8) is 0 Å². The molecule has 3 aromatic rings. The number of aromatic nitrogens is 1. The van der Waals surface area contributed by atoms with Gasteiger partial charge in [0.1, 0.15) is 6.26 Å². The number of rotatable bonds is 8. The predicted molar refractivity (Wildman–Crippen MR) is 116 cm³/mol. The number of aliphatic imine (C=N–C) groups is 1. The molecule has 0 spiro atoms. The molecule has 3 N–H and O–H groups in total. The van der Waals surface area contributed by atoms with E-state index in [0.717, 1.165) is 22.6 Å². The van der Waals surface area contributed by atoms with Crippen molar-refractivity contribution in [3.05, 3.63) is 64.2 Å². The van der Waals surface area contributed by atoms with Crippen LogP contribution in [0.5, 0.6) is 0 Å². The molecule has 8 heteroatoms. The number of aryl methyl sites for hydroxylation is 1. The minimum absolute atomic E-state index is 0.0297. The van der Waals surface area contributed by atoms with Gasteiger partial charge in [0, 0.05) is 25.7 Å². The summed E-state index contributed by atoms with van der Waals surface area (Å²) in [5.41, 5.74) is 2.95. The molecule has 2 aromatic heterocycles. The van der Waals surface area contributed by atoms with Crippen molar-refractivity contribution in [1.82, 2.24) is 20.9 Å². The maximum atomic E-state index is 11.9. The Balaban J connectivity index is 1.37. The molecular formula is C21H25N5O2S. The molecule has 1 aromatic carbocycles. The van der Waals surface area contributed by atoms with Crippen molar-refractivity contribution in [2.75, 3.05) is 20.1 Å². The summed E-state index contributed by atoms with van der Waals surface area (Å²) in [6.07, 6.45) is 2.44. The monoisotopic (exact) mass is 411 g/mol. The fraction of sp³-hybridized carbons (Fsp3) is 0.286. The highest BCUT2D eigenvalue weighted by molar-refractivity contribution is 7.12.